The van der Waals surface area contributed by atoms with E-state index in [1.54, 1.807) is 12.1 Å². The average Bonchev–Trinajstić information content (AvgIpc) is 2.79. The van der Waals surface area contributed by atoms with E-state index >= 15 is 0 Å². The highest BCUT2D eigenvalue weighted by atomic mass is 16.6. The molecule has 0 saturated heterocycles. The minimum Gasteiger partial charge on any atom is -0.349 e. The Hall–Kier alpha value is -2.43. The minimum absolute atomic E-state index is 0.0947. The molecule has 5 heteroatoms. The first kappa shape index (κ1) is 13.5. The van der Waals surface area contributed by atoms with Crippen LogP contribution < -0.4 is 0 Å². The van der Waals surface area contributed by atoms with E-state index in [0.29, 0.717) is 13.0 Å². The van der Waals surface area contributed by atoms with Gasteiger partial charge in [0.05, 0.1) is 4.92 Å². The number of fused-ring (bicyclic) bond motifs is 1. The number of Topliss-reactive ketones (excluding diaryl/α,β-unsaturated/α-hetero) is 1. The molecule has 1 aliphatic carbocycles. The van der Waals surface area contributed by atoms with Crippen molar-refractivity contribution in [3.8, 4) is 0 Å². The summed E-state index contributed by atoms with van der Waals surface area (Å²) in [4.78, 5) is 22.4. The van der Waals surface area contributed by atoms with Crippen LogP contribution in [0.1, 0.15) is 40.7 Å². The molecule has 1 aromatic heterocycles. The SMILES string of the molecule is O=C1CCCCc2cn(Cc3cccc([N+](=O)[O-])c3)cc21. The standard InChI is InChI=1S/C16H16N2O3/c19-16-7-2-1-5-13-10-17(11-15(13)16)9-12-4-3-6-14(8-12)18(20)21/h3-4,6,8,10-11H,1-2,5,7,9H2. The molecule has 0 unspecified atom stereocenters. The Labute approximate surface area is 122 Å². The van der Waals surface area contributed by atoms with Crippen molar-refractivity contribution in [2.24, 2.45) is 0 Å². The predicted octanol–water partition coefficient (Wildman–Crippen LogP) is 3.35. The lowest BCUT2D eigenvalue weighted by Gasteiger charge is -2.03. The van der Waals surface area contributed by atoms with Crippen LogP contribution in [0.15, 0.2) is 36.7 Å². The Morgan fingerprint density at radius 2 is 2.00 bits per heavy atom. The number of nitrogens with zero attached hydrogens (tertiary/aromatic N) is 2. The van der Waals surface area contributed by atoms with E-state index in [1.807, 2.05) is 23.0 Å². The quantitative estimate of drug-likeness (QED) is 0.493. The molecule has 0 radical (unpaired) electrons. The lowest BCUT2D eigenvalue weighted by molar-refractivity contribution is -0.384. The first-order chi connectivity index (χ1) is 10.1. The highest BCUT2D eigenvalue weighted by molar-refractivity contribution is 5.97. The highest BCUT2D eigenvalue weighted by Crippen LogP contribution is 2.22. The molecule has 0 spiro atoms. The van der Waals surface area contributed by atoms with Crippen molar-refractivity contribution in [3.63, 3.8) is 0 Å². The molecular weight excluding hydrogens is 268 g/mol. The molecule has 0 atom stereocenters. The first-order valence-corrected chi connectivity index (χ1v) is 7.08. The Morgan fingerprint density at radius 1 is 1.19 bits per heavy atom. The topological polar surface area (TPSA) is 65.1 Å². The third-order valence-electron chi connectivity index (χ3n) is 3.85. The van der Waals surface area contributed by atoms with Crippen LogP contribution in [-0.4, -0.2) is 15.3 Å². The van der Waals surface area contributed by atoms with Gasteiger partial charge in [0, 0.05) is 43.1 Å². The Morgan fingerprint density at radius 3 is 2.81 bits per heavy atom. The van der Waals surface area contributed by atoms with Crippen LogP contribution in [0.5, 0.6) is 0 Å². The number of rotatable bonds is 3. The van der Waals surface area contributed by atoms with Crippen LogP contribution in [0.2, 0.25) is 0 Å². The number of carbonyl (C=O) groups is 1. The van der Waals surface area contributed by atoms with E-state index in [0.717, 1.165) is 36.0 Å². The maximum Gasteiger partial charge on any atom is 0.269 e. The Balaban J connectivity index is 1.86. The van der Waals surface area contributed by atoms with Crippen molar-refractivity contribution in [1.29, 1.82) is 0 Å². The van der Waals surface area contributed by atoms with E-state index < -0.39 is 4.92 Å². The first-order valence-electron chi connectivity index (χ1n) is 7.08. The second-order valence-electron chi connectivity index (χ2n) is 5.43. The number of hydrogen-bond donors (Lipinski definition) is 0. The number of aromatic nitrogens is 1. The van der Waals surface area contributed by atoms with Gasteiger partial charge in [-0.2, -0.15) is 0 Å². The van der Waals surface area contributed by atoms with E-state index in [9.17, 15) is 14.9 Å². The highest BCUT2D eigenvalue weighted by Gasteiger charge is 2.17. The smallest absolute Gasteiger partial charge is 0.269 e. The Bertz CT molecular complexity index is 703. The zero-order chi connectivity index (χ0) is 14.8. The molecule has 108 valence electrons. The molecule has 1 aliphatic rings. The van der Waals surface area contributed by atoms with Gasteiger partial charge in [-0.15, -0.1) is 0 Å². The van der Waals surface area contributed by atoms with Gasteiger partial charge in [0.15, 0.2) is 5.78 Å². The van der Waals surface area contributed by atoms with Gasteiger partial charge >= 0.3 is 0 Å². The molecule has 0 aliphatic heterocycles. The predicted molar refractivity (Wildman–Crippen MR) is 78.5 cm³/mol. The number of nitro benzene ring substituents is 1. The molecule has 0 fully saturated rings. The van der Waals surface area contributed by atoms with Gasteiger partial charge in [0.1, 0.15) is 0 Å². The van der Waals surface area contributed by atoms with Crippen LogP contribution in [-0.2, 0) is 13.0 Å². The summed E-state index contributed by atoms with van der Waals surface area (Å²) in [6.07, 6.45) is 7.42. The largest absolute Gasteiger partial charge is 0.349 e. The zero-order valence-corrected chi connectivity index (χ0v) is 11.6. The number of carbonyl (C=O) groups excluding carboxylic acids is 1. The van der Waals surface area contributed by atoms with Gasteiger partial charge in [-0.1, -0.05) is 12.1 Å². The van der Waals surface area contributed by atoms with Crippen molar-refractivity contribution in [2.45, 2.75) is 32.2 Å². The second-order valence-corrected chi connectivity index (χ2v) is 5.43. The molecule has 5 nitrogen and oxygen atoms in total. The molecule has 2 aromatic rings. The van der Waals surface area contributed by atoms with E-state index in [4.69, 9.17) is 0 Å². The summed E-state index contributed by atoms with van der Waals surface area (Å²) < 4.78 is 1.95. The molecule has 21 heavy (non-hydrogen) atoms. The van der Waals surface area contributed by atoms with Crippen molar-refractivity contribution in [2.75, 3.05) is 0 Å². The summed E-state index contributed by atoms with van der Waals surface area (Å²) in [6.45, 7) is 0.544. The Kier molecular flexibility index (Phi) is 3.56. The lowest BCUT2D eigenvalue weighted by Crippen LogP contribution is -1.99. The van der Waals surface area contributed by atoms with Crippen molar-refractivity contribution >= 4 is 11.5 Å². The summed E-state index contributed by atoms with van der Waals surface area (Å²) in [5.74, 6) is 0.209. The third-order valence-corrected chi connectivity index (χ3v) is 3.85. The fourth-order valence-electron chi connectivity index (χ4n) is 2.81. The molecule has 0 amide bonds. The third kappa shape index (κ3) is 2.86. The number of aryl methyl sites for hydroxylation is 1. The molecule has 0 N–H and O–H groups in total. The van der Waals surface area contributed by atoms with E-state index in [1.165, 1.54) is 6.07 Å². The zero-order valence-electron chi connectivity index (χ0n) is 11.6. The average molecular weight is 284 g/mol. The molecule has 0 bridgehead atoms. The summed E-state index contributed by atoms with van der Waals surface area (Å²) in [5.41, 5.74) is 2.87. The molecule has 1 heterocycles. The van der Waals surface area contributed by atoms with Crippen molar-refractivity contribution in [1.82, 2.24) is 4.57 Å². The van der Waals surface area contributed by atoms with E-state index in [-0.39, 0.29) is 11.5 Å². The number of non-ortho nitro benzene ring substituents is 1. The summed E-state index contributed by atoms with van der Waals surface area (Å²) >= 11 is 0. The van der Waals surface area contributed by atoms with E-state index in [2.05, 4.69) is 0 Å². The van der Waals surface area contributed by atoms with Gasteiger partial charge < -0.3 is 4.57 Å². The number of benzene rings is 1. The number of ketones is 1. The van der Waals surface area contributed by atoms with Gasteiger partial charge in [0.2, 0.25) is 0 Å². The monoisotopic (exact) mass is 284 g/mol. The normalized spacial score (nSPS) is 14.6. The fourth-order valence-corrected chi connectivity index (χ4v) is 2.81. The summed E-state index contributed by atoms with van der Waals surface area (Å²) in [5, 5.41) is 10.8. The second kappa shape index (κ2) is 5.52. The molecule has 1 aromatic carbocycles. The van der Waals surface area contributed by atoms with Crippen LogP contribution in [0.25, 0.3) is 0 Å². The van der Waals surface area contributed by atoms with Crippen LogP contribution in [0.4, 0.5) is 5.69 Å². The molecule has 0 saturated carbocycles. The fraction of sp³-hybridized carbons (Fsp3) is 0.312. The van der Waals surface area contributed by atoms with Crippen molar-refractivity contribution in [3.05, 3.63) is 63.5 Å². The van der Waals surface area contributed by atoms with Crippen LogP contribution >= 0.6 is 0 Å². The maximum atomic E-state index is 12.0. The summed E-state index contributed by atoms with van der Waals surface area (Å²) in [6, 6.07) is 6.61. The minimum atomic E-state index is -0.391. The van der Waals surface area contributed by atoms with Crippen LogP contribution in [0, 0.1) is 10.1 Å². The van der Waals surface area contributed by atoms with Gasteiger partial charge in [0.25, 0.3) is 5.69 Å². The van der Waals surface area contributed by atoms with Gasteiger partial charge in [-0.05, 0) is 30.4 Å². The summed E-state index contributed by atoms with van der Waals surface area (Å²) in [7, 11) is 0. The number of nitro groups is 1. The van der Waals surface area contributed by atoms with Gasteiger partial charge in [-0.3, -0.25) is 14.9 Å². The van der Waals surface area contributed by atoms with Crippen molar-refractivity contribution < 1.29 is 9.72 Å². The van der Waals surface area contributed by atoms with Gasteiger partial charge in [-0.25, -0.2) is 0 Å². The lowest BCUT2D eigenvalue weighted by atomic mass is 10.1. The maximum absolute atomic E-state index is 12.0. The molecular formula is C16H16N2O3. The number of hydrogen-bond acceptors (Lipinski definition) is 3. The van der Waals surface area contributed by atoms with Crippen LogP contribution in [0.3, 0.4) is 0 Å². The molecule has 3 rings (SSSR count).